The molecule has 0 saturated heterocycles. The zero-order valence-corrected chi connectivity index (χ0v) is 19.4. The maximum atomic E-state index is 12.9. The van der Waals surface area contributed by atoms with Crippen LogP contribution in [0.1, 0.15) is 29.9 Å². The van der Waals surface area contributed by atoms with Gasteiger partial charge in [-0.2, -0.15) is 0 Å². The molecule has 0 bridgehead atoms. The zero-order valence-electron chi connectivity index (χ0n) is 17.7. The summed E-state index contributed by atoms with van der Waals surface area (Å²) in [6, 6.07) is 18.7. The molecule has 1 aliphatic rings. The molecule has 31 heavy (non-hydrogen) atoms. The smallest absolute Gasteiger partial charge is 0.229 e. The Balaban J connectivity index is 1.52. The SMILES string of the molecule is CC(C)N1CCc2c(sc(NC(=O)Cc3ccccc3)c2-c2nc3ccccc3s2)C1. The number of hydrogen-bond donors (Lipinski definition) is 1. The Morgan fingerprint density at radius 1 is 1.10 bits per heavy atom. The molecule has 6 heteroatoms. The maximum absolute atomic E-state index is 12.9. The van der Waals surface area contributed by atoms with Crippen molar-refractivity contribution >= 4 is 43.8 Å². The minimum Gasteiger partial charge on any atom is -0.317 e. The van der Waals surface area contributed by atoms with Gasteiger partial charge in [-0.25, -0.2) is 4.98 Å². The van der Waals surface area contributed by atoms with E-state index >= 15 is 0 Å². The largest absolute Gasteiger partial charge is 0.317 e. The summed E-state index contributed by atoms with van der Waals surface area (Å²) >= 11 is 3.43. The number of anilines is 1. The van der Waals surface area contributed by atoms with Crippen molar-refractivity contribution in [1.29, 1.82) is 0 Å². The molecule has 1 aliphatic heterocycles. The van der Waals surface area contributed by atoms with Gasteiger partial charge in [0, 0.05) is 29.6 Å². The molecular weight excluding hydrogens is 422 g/mol. The van der Waals surface area contributed by atoms with Crippen LogP contribution in [0.25, 0.3) is 20.8 Å². The van der Waals surface area contributed by atoms with Crippen LogP contribution in [0.15, 0.2) is 54.6 Å². The third kappa shape index (κ3) is 4.15. The van der Waals surface area contributed by atoms with Gasteiger partial charge in [0.2, 0.25) is 5.91 Å². The van der Waals surface area contributed by atoms with Crippen molar-refractivity contribution in [1.82, 2.24) is 9.88 Å². The van der Waals surface area contributed by atoms with E-state index in [1.165, 1.54) is 15.1 Å². The van der Waals surface area contributed by atoms with Crippen molar-refractivity contribution in [3.8, 4) is 10.6 Å². The lowest BCUT2D eigenvalue weighted by molar-refractivity contribution is -0.115. The Morgan fingerprint density at radius 3 is 2.65 bits per heavy atom. The fourth-order valence-corrected chi connectivity index (χ4v) is 6.51. The van der Waals surface area contributed by atoms with Crippen LogP contribution < -0.4 is 5.32 Å². The molecule has 2 aromatic heterocycles. The molecule has 158 valence electrons. The molecule has 5 rings (SSSR count). The summed E-state index contributed by atoms with van der Waals surface area (Å²) < 4.78 is 1.18. The minimum absolute atomic E-state index is 0.0212. The molecule has 4 nitrogen and oxygen atoms in total. The number of carbonyl (C=O) groups is 1. The Labute approximate surface area is 190 Å². The van der Waals surface area contributed by atoms with Crippen molar-refractivity contribution in [2.45, 2.75) is 39.3 Å². The average molecular weight is 448 g/mol. The highest BCUT2D eigenvalue weighted by molar-refractivity contribution is 7.22. The minimum atomic E-state index is 0.0212. The molecule has 0 spiro atoms. The molecule has 0 atom stereocenters. The van der Waals surface area contributed by atoms with Crippen molar-refractivity contribution in [2.24, 2.45) is 0 Å². The summed E-state index contributed by atoms with van der Waals surface area (Å²) in [4.78, 5) is 21.7. The number of benzene rings is 2. The van der Waals surface area contributed by atoms with E-state index in [0.29, 0.717) is 12.5 Å². The number of thiophene rings is 1. The van der Waals surface area contributed by atoms with Crippen LogP contribution in [-0.4, -0.2) is 28.4 Å². The van der Waals surface area contributed by atoms with Crippen molar-refractivity contribution in [3.63, 3.8) is 0 Å². The molecule has 0 saturated carbocycles. The predicted octanol–water partition coefficient (Wildman–Crippen LogP) is 5.97. The molecule has 1 amide bonds. The topological polar surface area (TPSA) is 45.2 Å². The molecule has 0 aliphatic carbocycles. The maximum Gasteiger partial charge on any atom is 0.229 e. The Bertz CT molecular complexity index is 1190. The molecule has 1 N–H and O–H groups in total. The van der Waals surface area contributed by atoms with E-state index in [2.05, 4.69) is 42.3 Å². The van der Waals surface area contributed by atoms with Crippen LogP contribution in [0.3, 0.4) is 0 Å². The van der Waals surface area contributed by atoms with Gasteiger partial charge in [0.05, 0.1) is 16.6 Å². The van der Waals surface area contributed by atoms with Gasteiger partial charge in [0.1, 0.15) is 10.0 Å². The first-order valence-electron chi connectivity index (χ1n) is 10.7. The molecule has 3 heterocycles. The van der Waals surface area contributed by atoms with E-state index in [9.17, 15) is 4.79 Å². The number of aromatic nitrogens is 1. The van der Waals surface area contributed by atoms with E-state index in [1.807, 2.05) is 36.4 Å². The zero-order chi connectivity index (χ0) is 21.4. The Morgan fingerprint density at radius 2 is 1.87 bits per heavy atom. The van der Waals surface area contributed by atoms with E-state index in [0.717, 1.165) is 46.2 Å². The summed E-state index contributed by atoms with van der Waals surface area (Å²) in [7, 11) is 0. The number of fused-ring (bicyclic) bond motifs is 2. The molecule has 0 fully saturated rings. The highest BCUT2D eigenvalue weighted by Gasteiger charge is 2.28. The normalized spacial score (nSPS) is 14.2. The van der Waals surface area contributed by atoms with Crippen LogP contribution in [0, 0.1) is 0 Å². The predicted molar refractivity (Wildman–Crippen MR) is 131 cm³/mol. The van der Waals surface area contributed by atoms with E-state index < -0.39 is 0 Å². The Kier molecular flexibility index (Phi) is 5.61. The fraction of sp³-hybridized carbons (Fsp3) is 0.280. The number of hydrogen-bond acceptors (Lipinski definition) is 5. The lowest BCUT2D eigenvalue weighted by Crippen LogP contribution is -2.35. The molecule has 0 unspecified atom stereocenters. The van der Waals surface area contributed by atoms with Crippen molar-refractivity contribution < 1.29 is 4.79 Å². The number of amides is 1. The number of carbonyl (C=O) groups excluding carboxylic acids is 1. The quantitative estimate of drug-likeness (QED) is 0.410. The highest BCUT2D eigenvalue weighted by Crippen LogP contribution is 2.45. The fourth-order valence-electron chi connectivity index (χ4n) is 4.11. The summed E-state index contributed by atoms with van der Waals surface area (Å²) in [6.07, 6.45) is 1.37. The average Bonchev–Trinajstić information content (AvgIpc) is 3.34. The summed E-state index contributed by atoms with van der Waals surface area (Å²) in [6.45, 7) is 6.46. The van der Waals surface area contributed by atoms with Gasteiger partial charge in [-0.1, -0.05) is 42.5 Å². The van der Waals surface area contributed by atoms with Crippen LogP contribution in [0.2, 0.25) is 0 Å². The lowest BCUT2D eigenvalue weighted by atomic mass is 10.0. The van der Waals surface area contributed by atoms with Crippen molar-refractivity contribution in [3.05, 3.63) is 70.6 Å². The van der Waals surface area contributed by atoms with E-state index in [4.69, 9.17) is 4.98 Å². The number of rotatable bonds is 5. The standard InChI is InChI=1S/C25H25N3OS2/c1-16(2)28-13-12-18-21(15-28)31-25(27-22(29)14-17-8-4-3-5-9-17)23(18)24-26-19-10-6-7-11-20(19)30-24/h3-11,16H,12-15H2,1-2H3,(H,27,29). The molecule has 2 aromatic carbocycles. The van der Waals surface area contributed by atoms with Crippen LogP contribution in [0.4, 0.5) is 5.00 Å². The number of para-hydroxylation sites is 1. The number of nitrogens with zero attached hydrogens (tertiary/aromatic N) is 2. The second-order valence-corrected chi connectivity index (χ2v) is 10.4. The Hall–Kier alpha value is -2.54. The molecule has 0 radical (unpaired) electrons. The van der Waals surface area contributed by atoms with Gasteiger partial charge in [0.15, 0.2) is 0 Å². The first-order chi connectivity index (χ1) is 15.1. The first-order valence-corrected chi connectivity index (χ1v) is 12.3. The van der Waals surface area contributed by atoms with Crippen molar-refractivity contribution in [2.75, 3.05) is 11.9 Å². The number of thiazole rings is 1. The third-order valence-corrected chi connectivity index (χ3v) is 7.97. The second kappa shape index (κ2) is 8.54. The van der Waals surface area contributed by atoms with E-state index in [-0.39, 0.29) is 5.91 Å². The van der Waals surface area contributed by atoms with E-state index in [1.54, 1.807) is 22.7 Å². The summed E-state index contributed by atoms with van der Waals surface area (Å²) in [5.74, 6) is 0.0212. The van der Waals surface area contributed by atoms with Gasteiger partial charge in [-0.05, 0) is 43.5 Å². The summed E-state index contributed by atoms with van der Waals surface area (Å²) in [5.41, 5.74) is 4.53. The molecular formula is C25H25N3OS2. The van der Waals surface area contributed by atoms with Crippen LogP contribution in [-0.2, 0) is 24.2 Å². The van der Waals surface area contributed by atoms with Crippen LogP contribution >= 0.6 is 22.7 Å². The van der Waals surface area contributed by atoms with Gasteiger partial charge in [-0.3, -0.25) is 9.69 Å². The van der Waals surface area contributed by atoms with Gasteiger partial charge < -0.3 is 5.32 Å². The third-order valence-electron chi connectivity index (χ3n) is 5.78. The van der Waals surface area contributed by atoms with Crippen LogP contribution in [0.5, 0.6) is 0 Å². The lowest BCUT2D eigenvalue weighted by Gasteiger charge is -2.30. The van der Waals surface area contributed by atoms with Gasteiger partial charge >= 0.3 is 0 Å². The summed E-state index contributed by atoms with van der Waals surface area (Å²) in [5, 5.41) is 5.18. The second-order valence-electron chi connectivity index (χ2n) is 8.22. The molecule has 4 aromatic rings. The monoisotopic (exact) mass is 447 g/mol. The number of nitrogens with one attached hydrogen (secondary N) is 1. The van der Waals surface area contributed by atoms with Gasteiger partial charge in [0.25, 0.3) is 0 Å². The highest BCUT2D eigenvalue weighted by atomic mass is 32.1. The van der Waals surface area contributed by atoms with Gasteiger partial charge in [-0.15, -0.1) is 22.7 Å². The first kappa shape index (κ1) is 20.4.